The summed E-state index contributed by atoms with van der Waals surface area (Å²) in [5.41, 5.74) is 3.65. The van der Waals surface area contributed by atoms with E-state index in [2.05, 4.69) is 10.6 Å². The maximum atomic E-state index is 13.6. The van der Waals surface area contributed by atoms with E-state index in [-0.39, 0.29) is 24.9 Å². The van der Waals surface area contributed by atoms with Crippen LogP contribution in [0.5, 0.6) is 0 Å². The van der Waals surface area contributed by atoms with Crippen molar-refractivity contribution in [2.24, 2.45) is 0 Å². The molecule has 3 N–H and O–H groups in total. The van der Waals surface area contributed by atoms with Crippen LogP contribution in [0.15, 0.2) is 36.4 Å². The minimum atomic E-state index is -0.224. The molecule has 23 heavy (non-hydrogen) atoms. The standard InChI is InChI=1S/C18H21FN2O2/c1-12-6-7-14(10-16(12)19)11-21-17-5-3-4-15(13(17)2)18(23)20-8-9-22/h3-7,10,21-22H,8-9,11H2,1-2H3,(H,20,23). The molecule has 0 aliphatic heterocycles. The van der Waals surface area contributed by atoms with E-state index in [9.17, 15) is 9.18 Å². The van der Waals surface area contributed by atoms with Gasteiger partial charge in [0.2, 0.25) is 0 Å². The zero-order valence-electron chi connectivity index (χ0n) is 13.3. The fourth-order valence-corrected chi connectivity index (χ4v) is 2.28. The van der Waals surface area contributed by atoms with Gasteiger partial charge in [-0.25, -0.2) is 4.39 Å². The van der Waals surface area contributed by atoms with Crippen molar-refractivity contribution in [3.8, 4) is 0 Å². The Balaban J connectivity index is 2.11. The summed E-state index contributed by atoms with van der Waals surface area (Å²) in [7, 11) is 0. The van der Waals surface area contributed by atoms with Crippen molar-refractivity contribution in [2.45, 2.75) is 20.4 Å². The monoisotopic (exact) mass is 316 g/mol. The molecule has 0 spiro atoms. The van der Waals surface area contributed by atoms with E-state index in [4.69, 9.17) is 5.11 Å². The highest BCUT2D eigenvalue weighted by Crippen LogP contribution is 2.20. The summed E-state index contributed by atoms with van der Waals surface area (Å²) < 4.78 is 13.6. The number of nitrogens with one attached hydrogen (secondary N) is 2. The smallest absolute Gasteiger partial charge is 0.251 e. The highest BCUT2D eigenvalue weighted by atomic mass is 19.1. The molecule has 2 rings (SSSR count). The van der Waals surface area contributed by atoms with Crippen LogP contribution in [0.3, 0.4) is 0 Å². The number of carbonyl (C=O) groups is 1. The van der Waals surface area contributed by atoms with E-state index in [1.54, 1.807) is 25.1 Å². The molecule has 0 radical (unpaired) electrons. The molecule has 2 aromatic rings. The van der Waals surface area contributed by atoms with Crippen molar-refractivity contribution < 1.29 is 14.3 Å². The van der Waals surface area contributed by atoms with Crippen molar-refractivity contribution >= 4 is 11.6 Å². The quantitative estimate of drug-likeness (QED) is 0.768. The average molecular weight is 316 g/mol. The van der Waals surface area contributed by atoms with Crippen molar-refractivity contribution in [1.29, 1.82) is 0 Å². The van der Waals surface area contributed by atoms with Gasteiger partial charge in [0.15, 0.2) is 0 Å². The van der Waals surface area contributed by atoms with Gasteiger partial charge in [0.1, 0.15) is 5.82 Å². The molecule has 0 unspecified atom stereocenters. The number of amides is 1. The van der Waals surface area contributed by atoms with Gasteiger partial charge in [-0.3, -0.25) is 4.79 Å². The summed E-state index contributed by atoms with van der Waals surface area (Å²) in [5.74, 6) is -0.445. The van der Waals surface area contributed by atoms with Crippen molar-refractivity contribution in [3.05, 3.63) is 64.5 Å². The van der Waals surface area contributed by atoms with E-state index in [1.807, 2.05) is 19.1 Å². The van der Waals surface area contributed by atoms with Gasteiger partial charge in [-0.1, -0.05) is 18.2 Å². The van der Waals surface area contributed by atoms with E-state index in [0.717, 1.165) is 16.8 Å². The predicted molar refractivity (Wildman–Crippen MR) is 89.1 cm³/mol. The van der Waals surface area contributed by atoms with Crippen LogP contribution in [0.25, 0.3) is 0 Å². The van der Waals surface area contributed by atoms with Crippen molar-refractivity contribution in [2.75, 3.05) is 18.5 Å². The molecule has 0 atom stereocenters. The molecule has 0 aliphatic rings. The molecule has 1 amide bonds. The second-order valence-corrected chi connectivity index (χ2v) is 5.39. The van der Waals surface area contributed by atoms with E-state index in [1.165, 1.54) is 6.07 Å². The third kappa shape index (κ3) is 4.29. The van der Waals surface area contributed by atoms with Crippen LogP contribution in [-0.4, -0.2) is 24.2 Å². The van der Waals surface area contributed by atoms with Crippen LogP contribution < -0.4 is 10.6 Å². The van der Waals surface area contributed by atoms with E-state index in [0.29, 0.717) is 17.7 Å². The Bertz CT molecular complexity index is 701. The first-order valence-electron chi connectivity index (χ1n) is 7.50. The third-order valence-corrected chi connectivity index (χ3v) is 3.69. The van der Waals surface area contributed by atoms with Crippen LogP contribution in [0.1, 0.15) is 27.0 Å². The molecule has 5 heteroatoms. The van der Waals surface area contributed by atoms with Gasteiger partial charge < -0.3 is 15.7 Å². The molecule has 0 saturated carbocycles. The number of aliphatic hydroxyl groups excluding tert-OH is 1. The summed E-state index contributed by atoms with van der Waals surface area (Å²) in [6.07, 6.45) is 0. The number of carbonyl (C=O) groups excluding carboxylic acids is 1. The summed E-state index contributed by atoms with van der Waals surface area (Å²) in [6, 6.07) is 10.5. The largest absolute Gasteiger partial charge is 0.395 e. The molecule has 122 valence electrons. The Morgan fingerprint density at radius 1 is 1.22 bits per heavy atom. The number of benzene rings is 2. The lowest BCUT2D eigenvalue weighted by atomic mass is 10.1. The maximum absolute atomic E-state index is 13.6. The van der Waals surface area contributed by atoms with Crippen molar-refractivity contribution in [1.82, 2.24) is 5.32 Å². The Kier molecular flexibility index (Phi) is 5.71. The van der Waals surface area contributed by atoms with Gasteiger partial charge in [0.25, 0.3) is 5.91 Å². The number of hydrogen-bond acceptors (Lipinski definition) is 3. The molecule has 0 fully saturated rings. The molecular formula is C18H21FN2O2. The molecule has 0 aliphatic carbocycles. The second-order valence-electron chi connectivity index (χ2n) is 5.39. The molecule has 0 heterocycles. The summed E-state index contributed by atoms with van der Waals surface area (Å²) >= 11 is 0. The number of aryl methyl sites for hydroxylation is 1. The first-order chi connectivity index (χ1) is 11.0. The van der Waals surface area contributed by atoms with Gasteiger partial charge in [-0.15, -0.1) is 0 Å². The van der Waals surface area contributed by atoms with Crippen LogP contribution in [0, 0.1) is 19.7 Å². The molecule has 4 nitrogen and oxygen atoms in total. The average Bonchev–Trinajstić information content (AvgIpc) is 2.54. The third-order valence-electron chi connectivity index (χ3n) is 3.69. The van der Waals surface area contributed by atoms with Gasteiger partial charge in [-0.05, 0) is 48.7 Å². The van der Waals surface area contributed by atoms with Crippen LogP contribution >= 0.6 is 0 Å². The molecule has 0 bridgehead atoms. The maximum Gasteiger partial charge on any atom is 0.251 e. The van der Waals surface area contributed by atoms with E-state index < -0.39 is 0 Å². The number of aliphatic hydroxyl groups is 1. The molecule has 2 aromatic carbocycles. The van der Waals surface area contributed by atoms with Gasteiger partial charge in [0, 0.05) is 24.3 Å². The summed E-state index contributed by atoms with van der Waals surface area (Å²) in [5, 5.41) is 14.6. The van der Waals surface area contributed by atoms with E-state index >= 15 is 0 Å². The molecule has 0 aromatic heterocycles. The van der Waals surface area contributed by atoms with Crippen LogP contribution in [0.2, 0.25) is 0 Å². The number of halogens is 1. The first kappa shape index (κ1) is 17.0. The van der Waals surface area contributed by atoms with Crippen molar-refractivity contribution in [3.63, 3.8) is 0 Å². The number of rotatable bonds is 6. The second kappa shape index (κ2) is 7.74. The number of hydrogen-bond donors (Lipinski definition) is 3. The predicted octanol–water partition coefficient (Wildman–Crippen LogP) is 2.78. The minimum absolute atomic E-state index is 0.0955. The Hall–Kier alpha value is -2.40. The lowest BCUT2D eigenvalue weighted by molar-refractivity contribution is 0.0944. The van der Waals surface area contributed by atoms with Crippen LogP contribution in [-0.2, 0) is 6.54 Å². The molecular weight excluding hydrogens is 295 g/mol. The fraction of sp³-hybridized carbons (Fsp3) is 0.278. The number of anilines is 1. The fourth-order valence-electron chi connectivity index (χ4n) is 2.28. The lowest BCUT2D eigenvalue weighted by Gasteiger charge is -2.13. The first-order valence-corrected chi connectivity index (χ1v) is 7.50. The molecule has 0 saturated heterocycles. The highest BCUT2D eigenvalue weighted by Gasteiger charge is 2.11. The van der Waals surface area contributed by atoms with Gasteiger partial charge >= 0.3 is 0 Å². The SMILES string of the molecule is Cc1ccc(CNc2cccc(C(=O)NCCO)c2C)cc1F. The topological polar surface area (TPSA) is 61.4 Å². The minimum Gasteiger partial charge on any atom is -0.395 e. The van der Waals surface area contributed by atoms with Gasteiger partial charge in [-0.2, -0.15) is 0 Å². The Labute approximate surface area is 135 Å². The zero-order valence-corrected chi connectivity index (χ0v) is 13.3. The normalized spacial score (nSPS) is 10.4. The Morgan fingerprint density at radius 3 is 2.70 bits per heavy atom. The Morgan fingerprint density at radius 2 is 2.00 bits per heavy atom. The summed E-state index contributed by atoms with van der Waals surface area (Å²) in [6.45, 7) is 4.18. The van der Waals surface area contributed by atoms with Crippen LogP contribution in [0.4, 0.5) is 10.1 Å². The highest BCUT2D eigenvalue weighted by molar-refractivity contribution is 5.97. The lowest BCUT2D eigenvalue weighted by Crippen LogP contribution is -2.27. The summed E-state index contributed by atoms with van der Waals surface area (Å²) in [4.78, 5) is 12.0. The zero-order chi connectivity index (χ0) is 16.8. The van der Waals surface area contributed by atoms with Gasteiger partial charge in [0.05, 0.1) is 6.61 Å².